The number of hydrogen-bond donors (Lipinski definition) is 0. The Labute approximate surface area is 152 Å². The van der Waals surface area contributed by atoms with Gasteiger partial charge in [0.05, 0.1) is 23.6 Å². The molecule has 0 spiro atoms. The number of nitro benzene ring substituents is 1. The Hall–Kier alpha value is -2.29. The molecule has 1 aromatic rings. The van der Waals surface area contributed by atoms with Gasteiger partial charge in [0.25, 0.3) is 5.91 Å². The zero-order valence-corrected chi connectivity index (χ0v) is 15.5. The molecule has 0 heterocycles. The van der Waals surface area contributed by atoms with Crippen LogP contribution in [0.15, 0.2) is 28.8 Å². The lowest BCUT2D eigenvalue weighted by atomic mass is 10.1. The van der Waals surface area contributed by atoms with Crippen LogP contribution in [0.5, 0.6) is 0 Å². The van der Waals surface area contributed by atoms with Crippen molar-refractivity contribution in [2.45, 2.75) is 26.7 Å². The number of imide groups is 1. The van der Waals surface area contributed by atoms with Crippen LogP contribution in [-0.2, 0) is 4.74 Å². The minimum absolute atomic E-state index is 0.00123. The third-order valence-electron chi connectivity index (χ3n) is 3.08. The highest BCUT2D eigenvalue weighted by atomic mass is 79.9. The Morgan fingerprint density at radius 2 is 2.08 bits per heavy atom. The molecule has 1 rings (SSSR count). The predicted molar refractivity (Wildman–Crippen MR) is 92.9 cm³/mol. The van der Waals surface area contributed by atoms with Gasteiger partial charge in [0.1, 0.15) is 0 Å². The van der Waals surface area contributed by atoms with Crippen molar-refractivity contribution in [3.05, 3.63) is 50.3 Å². The largest absolute Gasteiger partial charge is 0.449 e. The van der Waals surface area contributed by atoms with Crippen molar-refractivity contribution in [2.24, 2.45) is 0 Å². The molecule has 0 saturated heterocycles. The van der Waals surface area contributed by atoms with Crippen LogP contribution >= 0.6 is 15.9 Å². The van der Waals surface area contributed by atoms with Gasteiger partial charge in [-0.2, -0.15) is 4.39 Å². The van der Waals surface area contributed by atoms with Crippen LogP contribution in [0.2, 0.25) is 0 Å². The summed E-state index contributed by atoms with van der Waals surface area (Å²) in [6, 6.07) is 1.60. The molecule has 0 fully saturated rings. The lowest BCUT2D eigenvalue weighted by molar-refractivity contribution is -0.387. The summed E-state index contributed by atoms with van der Waals surface area (Å²) in [5.41, 5.74) is -0.489. The van der Waals surface area contributed by atoms with E-state index < -0.39 is 28.4 Å². The van der Waals surface area contributed by atoms with Gasteiger partial charge in [-0.05, 0) is 35.3 Å². The van der Waals surface area contributed by atoms with Gasteiger partial charge < -0.3 is 4.74 Å². The maximum absolute atomic E-state index is 13.8. The molecule has 1 aromatic carbocycles. The standard InChI is InChI=1S/C16H18BrFN2O5/c1-4-5-6-25-16(22)19(9-10(2)3)15(21)11-7-13(18)14(20(23)24)8-12(11)17/h7-8H,2,4-6,9H2,1,3H3. The Balaban J connectivity index is 3.16. The van der Waals surface area contributed by atoms with Gasteiger partial charge in [-0.3, -0.25) is 14.9 Å². The highest BCUT2D eigenvalue weighted by Gasteiger charge is 2.28. The zero-order valence-electron chi connectivity index (χ0n) is 13.9. The van der Waals surface area contributed by atoms with Crippen molar-refractivity contribution >= 4 is 33.6 Å². The Morgan fingerprint density at radius 3 is 2.60 bits per heavy atom. The number of unbranched alkanes of at least 4 members (excludes halogenated alkanes) is 1. The van der Waals surface area contributed by atoms with Crippen molar-refractivity contribution in [3.8, 4) is 0 Å². The summed E-state index contributed by atoms with van der Waals surface area (Å²) in [7, 11) is 0. The molecule has 0 aromatic heterocycles. The molecule has 0 radical (unpaired) electrons. The smallest absolute Gasteiger partial charge is 0.417 e. The van der Waals surface area contributed by atoms with Gasteiger partial charge >= 0.3 is 11.8 Å². The van der Waals surface area contributed by atoms with E-state index in [1.807, 2.05) is 6.92 Å². The molecular formula is C16H18BrFN2O5. The van der Waals surface area contributed by atoms with Gasteiger partial charge in [-0.15, -0.1) is 0 Å². The monoisotopic (exact) mass is 416 g/mol. The third-order valence-corrected chi connectivity index (χ3v) is 3.74. The fourth-order valence-electron chi connectivity index (χ4n) is 1.86. The molecule has 0 saturated carbocycles. The summed E-state index contributed by atoms with van der Waals surface area (Å²) in [6.07, 6.45) is 0.560. The average Bonchev–Trinajstić information content (AvgIpc) is 2.53. The van der Waals surface area contributed by atoms with E-state index in [2.05, 4.69) is 22.5 Å². The molecule has 2 amide bonds. The van der Waals surface area contributed by atoms with Crippen LogP contribution in [0.25, 0.3) is 0 Å². The van der Waals surface area contributed by atoms with Gasteiger partial charge in [0.2, 0.25) is 5.82 Å². The molecular weight excluding hydrogens is 399 g/mol. The van der Waals surface area contributed by atoms with Crippen molar-refractivity contribution in [2.75, 3.05) is 13.2 Å². The molecule has 25 heavy (non-hydrogen) atoms. The minimum atomic E-state index is -1.17. The second-order valence-electron chi connectivity index (χ2n) is 5.36. The zero-order chi connectivity index (χ0) is 19.1. The number of nitro groups is 1. The summed E-state index contributed by atoms with van der Waals surface area (Å²) in [5.74, 6) is -2.02. The number of carbonyl (C=O) groups excluding carboxylic acids is 2. The molecule has 0 N–H and O–H groups in total. The SMILES string of the molecule is C=C(C)CN(C(=O)OCCCC)C(=O)c1cc(F)c([N+](=O)[O-])cc1Br. The number of ether oxygens (including phenoxy) is 1. The van der Waals surface area contributed by atoms with Gasteiger partial charge in [0.15, 0.2) is 0 Å². The summed E-state index contributed by atoms with van der Waals surface area (Å²) < 4.78 is 18.9. The van der Waals surface area contributed by atoms with E-state index in [0.717, 1.165) is 23.5 Å². The van der Waals surface area contributed by atoms with Crippen molar-refractivity contribution in [3.63, 3.8) is 0 Å². The quantitative estimate of drug-likeness (QED) is 0.283. The highest BCUT2D eigenvalue weighted by molar-refractivity contribution is 9.10. The number of amides is 2. The van der Waals surface area contributed by atoms with E-state index in [1.165, 1.54) is 0 Å². The number of carbonyl (C=O) groups is 2. The third kappa shape index (κ3) is 5.63. The fourth-order valence-corrected chi connectivity index (χ4v) is 2.36. The van der Waals surface area contributed by atoms with Crippen molar-refractivity contribution in [1.82, 2.24) is 4.90 Å². The van der Waals surface area contributed by atoms with Gasteiger partial charge in [-0.1, -0.05) is 25.5 Å². The van der Waals surface area contributed by atoms with Crippen molar-refractivity contribution < 1.29 is 23.6 Å². The number of nitrogens with zero attached hydrogens (tertiary/aromatic N) is 2. The molecule has 9 heteroatoms. The number of benzene rings is 1. The average molecular weight is 417 g/mol. The normalized spacial score (nSPS) is 10.2. The van der Waals surface area contributed by atoms with E-state index in [1.54, 1.807) is 6.92 Å². The number of halogens is 2. The number of rotatable bonds is 7. The van der Waals surface area contributed by atoms with Gasteiger partial charge in [-0.25, -0.2) is 9.69 Å². The van der Waals surface area contributed by atoms with Crippen LogP contribution in [0.3, 0.4) is 0 Å². The molecule has 136 valence electrons. The summed E-state index contributed by atoms with van der Waals surface area (Å²) in [5, 5.41) is 10.8. The molecule has 0 bridgehead atoms. The second kappa shape index (κ2) is 9.26. The van der Waals surface area contributed by atoms with E-state index in [9.17, 15) is 24.1 Å². The number of hydrogen-bond acceptors (Lipinski definition) is 5. The van der Waals surface area contributed by atoms with E-state index in [-0.39, 0.29) is 23.2 Å². The van der Waals surface area contributed by atoms with Gasteiger partial charge in [0, 0.05) is 10.5 Å². The lowest BCUT2D eigenvalue weighted by Gasteiger charge is -2.21. The molecule has 0 unspecified atom stereocenters. The van der Waals surface area contributed by atoms with E-state index >= 15 is 0 Å². The summed E-state index contributed by atoms with van der Waals surface area (Å²) >= 11 is 3.00. The topological polar surface area (TPSA) is 89.8 Å². The lowest BCUT2D eigenvalue weighted by Crippen LogP contribution is -2.38. The first-order valence-corrected chi connectivity index (χ1v) is 8.24. The summed E-state index contributed by atoms with van der Waals surface area (Å²) in [6.45, 7) is 7.21. The van der Waals surface area contributed by atoms with Crippen LogP contribution in [-0.4, -0.2) is 35.0 Å². The van der Waals surface area contributed by atoms with Crippen LogP contribution in [0, 0.1) is 15.9 Å². The van der Waals surface area contributed by atoms with Crippen LogP contribution in [0.1, 0.15) is 37.0 Å². The predicted octanol–water partition coefficient (Wildman–Crippen LogP) is 4.45. The Morgan fingerprint density at radius 1 is 1.44 bits per heavy atom. The minimum Gasteiger partial charge on any atom is -0.449 e. The molecule has 0 aliphatic carbocycles. The second-order valence-corrected chi connectivity index (χ2v) is 6.21. The Kier molecular flexibility index (Phi) is 7.69. The maximum atomic E-state index is 13.8. The van der Waals surface area contributed by atoms with Crippen LogP contribution in [0.4, 0.5) is 14.9 Å². The highest BCUT2D eigenvalue weighted by Crippen LogP contribution is 2.27. The molecule has 0 aliphatic heterocycles. The molecule has 0 atom stereocenters. The maximum Gasteiger partial charge on any atom is 0.417 e. The summed E-state index contributed by atoms with van der Waals surface area (Å²) in [4.78, 5) is 35.4. The fraction of sp³-hybridized carbons (Fsp3) is 0.375. The van der Waals surface area contributed by atoms with E-state index in [4.69, 9.17) is 4.74 Å². The van der Waals surface area contributed by atoms with E-state index in [0.29, 0.717) is 12.0 Å². The first-order chi connectivity index (χ1) is 11.7. The van der Waals surface area contributed by atoms with Crippen molar-refractivity contribution in [1.29, 1.82) is 0 Å². The van der Waals surface area contributed by atoms with Crippen LogP contribution < -0.4 is 0 Å². The Bertz CT molecular complexity index is 708. The first-order valence-electron chi connectivity index (χ1n) is 7.45. The molecule has 7 nitrogen and oxygen atoms in total. The first kappa shape index (κ1) is 20.8. The molecule has 0 aliphatic rings.